The van der Waals surface area contributed by atoms with Crippen molar-refractivity contribution in [2.75, 3.05) is 0 Å². The summed E-state index contributed by atoms with van der Waals surface area (Å²) in [6, 6.07) is 3.19. The van der Waals surface area contributed by atoms with E-state index in [0.717, 1.165) is 0 Å². The molecule has 0 fully saturated rings. The molecule has 0 amide bonds. The van der Waals surface area contributed by atoms with Gasteiger partial charge in [0.05, 0.1) is 21.8 Å². The zero-order valence-corrected chi connectivity index (χ0v) is 12.1. The van der Waals surface area contributed by atoms with Gasteiger partial charge < -0.3 is 5.73 Å². The number of nitrogens with two attached hydrogens (primary N) is 1. The molecule has 1 aromatic carbocycles. The SMILES string of the molecule is CC(C)(N)c1cn(-c2c(Cl)cc(Cl)cc2Cl)nn1. The highest BCUT2D eigenvalue weighted by atomic mass is 35.5. The number of nitrogens with zero attached hydrogens (tertiary/aromatic N) is 3. The van der Waals surface area contributed by atoms with Crippen LogP contribution >= 0.6 is 34.8 Å². The zero-order chi connectivity index (χ0) is 13.5. The largest absolute Gasteiger partial charge is 0.320 e. The predicted molar refractivity (Wildman–Crippen MR) is 73.6 cm³/mol. The molecule has 0 saturated carbocycles. The molecule has 4 nitrogen and oxygen atoms in total. The third-order valence-corrected chi connectivity index (χ3v) is 3.16. The molecule has 0 spiro atoms. The van der Waals surface area contributed by atoms with Crippen LogP contribution in [0.15, 0.2) is 18.3 Å². The van der Waals surface area contributed by atoms with E-state index in [1.54, 1.807) is 18.3 Å². The fourth-order valence-electron chi connectivity index (χ4n) is 1.42. The third kappa shape index (κ3) is 2.62. The van der Waals surface area contributed by atoms with E-state index in [1.165, 1.54) is 4.68 Å². The van der Waals surface area contributed by atoms with Gasteiger partial charge in [-0.1, -0.05) is 40.0 Å². The van der Waals surface area contributed by atoms with Gasteiger partial charge in [0.2, 0.25) is 0 Å². The van der Waals surface area contributed by atoms with Crippen molar-refractivity contribution in [3.8, 4) is 5.69 Å². The van der Waals surface area contributed by atoms with Gasteiger partial charge >= 0.3 is 0 Å². The zero-order valence-electron chi connectivity index (χ0n) is 9.78. The van der Waals surface area contributed by atoms with Crippen molar-refractivity contribution in [3.05, 3.63) is 39.1 Å². The summed E-state index contributed by atoms with van der Waals surface area (Å²) in [5.74, 6) is 0. The Hall–Kier alpha value is -0.810. The van der Waals surface area contributed by atoms with Crippen molar-refractivity contribution in [1.82, 2.24) is 15.0 Å². The summed E-state index contributed by atoms with van der Waals surface area (Å²) < 4.78 is 1.49. The Labute approximate surface area is 120 Å². The summed E-state index contributed by atoms with van der Waals surface area (Å²) in [7, 11) is 0. The Bertz CT molecular complexity index is 563. The molecule has 1 aromatic heterocycles. The lowest BCUT2D eigenvalue weighted by atomic mass is 10.0. The Balaban J connectivity index is 2.53. The highest BCUT2D eigenvalue weighted by Crippen LogP contribution is 2.32. The van der Waals surface area contributed by atoms with Crippen LogP contribution in [0.3, 0.4) is 0 Å². The molecule has 0 bridgehead atoms. The Morgan fingerprint density at radius 1 is 1.17 bits per heavy atom. The van der Waals surface area contributed by atoms with E-state index in [1.807, 2.05) is 13.8 Å². The summed E-state index contributed by atoms with van der Waals surface area (Å²) >= 11 is 18.1. The predicted octanol–water partition coefficient (Wildman–Crippen LogP) is 3.42. The molecule has 96 valence electrons. The second-order valence-electron chi connectivity index (χ2n) is 4.49. The number of hydrogen-bond acceptors (Lipinski definition) is 3. The molecule has 0 aliphatic heterocycles. The van der Waals surface area contributed by atoms with Gasteiger partial charge in [-0.2, -0.15) is 0 Å². The van der Waals surface area contributed by atoms with Gasteiger partial charge in [0.15, 0.2) is 0 Å². The lowest BCUT2D eigenvalue weighted by Crippen LogP contribution is -2.29. The fraction of sp³-hybridized carbons (Fsp3) is 0.273. The van der Waals surface area contributed by atoms with Crippen LogP contribution in [-0.2, 0) is 5.54 Å². The van der Waals surface area contributed by atoms with Gasteiger partial charge in [0.1, 0.15) is 11.4 Å². The molecule has 2 N–H and O–H groups in total. The Morgan fingerprint density at radius 3 is 2.17 bits per heavy atom. The van der Waals surface area contributed by atoms with E-state index in [-0.39, 0.29) is 0 Å². The van der Waals surface area contributed by atoms with Crippen LogP contribution < -0.4 is 5.73 Å². The number of halogens is 3. The lowest BCUT2D eigenvalue weighted by molar-refractivity contribution is 0.533. The molecular formula is C11H11Cl3N4. The van der Waals surface area contributed by atoms with E-state index in [4.69, 9.17) is 40.5 Å². The standard InChI is InChI=1S/C11H11Cl3N4/c1-11(2,15)9-5-18(17-16-9)10-7(13)3-6(12)4-8(10)14/h3-5H,15H2,1-2H3. The number of benzene rings is 1. The quantitative estimate of drug-likeness (QED) is 0.925. The van der Waals surface area contributed by atoms with Crippen molar-refractivity contribution >= 4 is 34.8 Å². The summed E-state index contributed by atoms with van der Waals surface area (Å²) in [6.45, 7) is 3.68. The van der Waals surface area contributed by atoms with Gasteiger partial charge in [0.25, 0.3) is 0 Å². The van der Waals surface area contributed by atoms with Gasteiger partial charge in [-0.25, -0.2) is 4.68 Å². The summed E-state index contributed by atoms with van der Waals surface area (Å²) in [5, 5.41) is 9.25. The van der Waals surface area contributed by atoms with E-state index in [2.05, 4.69) is 10.3 Å². The van der Waals surface area contributed by atoms with Crippen LogP contribution in [-0.4, -0.2) is 15.0 Å². The van der Waals surface area contributed by atoms with E-state index < -0.39 is 5.54 Å². The van der Waals surface area contributed by atoms with Crippen LogP contribution in [0.1, 0.15) is 19.5 Å². The van der Waals surface area contributed by atoms with E-state index in [0.29, 0.717) is 26.4 Å². The molecular weight excluding hydrogens is 295 g/mol. The Kier molecular flexibility index (Phi) is 3.56. The molecule has 0 radical (unpaired) electrons. The van der Waals surface area contributed by atoms with Gasteiger partial charge in [-0.3, -0.25) is 0 Å². The summed E-state index contributed by atoms with van der Waals surface area (Å²) in [4.78, 5) is 0. The third-order valence-electron chi connectivity index (χ3n) is 2.36. The smallest absolute Gasteiger partial charge is 0.104 e. The number of rotatable bonds is 2. The van der Waals surface area contributed by atoms with Crippen LogP contribution in [0.4, 0.5) is 0 Å². The minimum absolute atomic E-state index is 0.402. The topological polar surface area (TPSA) is 56.7 Å². The van der Waals surface area contributed by atoms with Crippen LogP contribution in [0.25, 0.3) is 5.69 Å². The first-order valence-electron chi connectivity index (χ1n) is 5.15. The molecule has 7 heteroatoms. The van der Waals surface area contributed by atoms with E-state index >= 15 is 0 Å². The van der Waals surface area contributed by atoms with Crippen molar-refractivity contribution in [3.63, 3.8) is 0 Å². The van der Waals surface area contributed by atoms with Crippen molar-refractivity contribution in [1.29, 1.82) is 0 Å². The average molecular weight is 306 g/mol. The van der Waals surface area contributed by atoms with Crippen LogP contribution in [0.2, 0.25) is 15.1 Å². The molecule has 0 aliphatic rings. The maximum absolute atomic E-state index is 6.10. The van der Waals surface area contributed by atoms with Gasteiger partial charge in [-0.15, -0.1) is 5.10 Å². The highest BCUT2D eigenvalue weighted by molar-refractivity contribution is 6.40. The minimum atomic E-state index is -0.580. The van der Waals surface area contributed by atoms with Crippen LogP contribution in [0, 0.1) is 0 Å². The Morgan fingerprint density at radius 2 is 1.72 bits per heavy atom. The van der Waals surface area contributed by atoms with Crippen molar-refractivity contribution in [2.24, 2.45) is 5.73 Å². The first kappa shape index (κ1) is 13.6. The molecule has 1 heterocycles. The maximum Gasteiger partial charge on any atom is 0.104 e. The second kappa shape index (κ2) is 4.70. The normalized spacial score (nSPS) is 11.9. The molecule has 0 saturated heterocycles. The second-order valence-corrected chi connectivity index (χ2v) is 5.74. The molecule has 2 aromatic rings. The molecule has 0 unspecified atom stereocenters. The summed E-state index contributed by atoms with van der Waals surface area (Å²) in [6.07, 6.45) is 1.70. The molecule has 0 atom stereocenters. The monoisotopic (exact) mass is 304 g/mol. The number of hydrogen-bond donors (Lipinski definition) is 1. The summed E-state index contributed by atoms with van der Waals surface area (Å²) in [5.41, 5.74) is 6.54. The van der Waals surface area contributed by atoms with Crippen molar-refractivity contribution < 1.29 is 0 Å². The van der Waals surface area contributed by atoms with Crippen LogP contribution in [0.5, 0.6) is 0 Å². The molecule has 18 heavy (non-hydrogen) atoms. The lowest BCUT2D eigenvalue weighted by Gasteiger charge is -2.13. The minimum Gasteiger partial charge on any atom is -0.320 e. The van der Waals surface area contributed by atoms with Gasteiger partial charge in [-0.05, 0) is 26.0 Å². The first-order chi connectivity index (χ1) is 8.29. The molecule has 2 rings (SSSR count). The van der Waals surface area contributed by atoms with Crippen molar-refractivity contribution in [2.45, 2.75) is 19.4 Å². The highest BCUT2D eigenvalue weighted by Gasteiger charge is 2.20. The first-order valence-corrected chi connectivity index (χ1v) is 6.29. The molecule has 0 aliphatic carbocycles. The van der Waals surface area contributed by atoms with E-state index in [9.17, 15) is 0 Å². The average Bonchev–Trinajstić information content (AvgIpc) is 2.64. The number of aromatic nitrogens is 3. The fourth-order valence-corrected chi connectivity index (χ4v) is 2.41. The van der Waals surface area contributed by atoms with Gasteiger partial charge in [0, 0.05) is 5.02 Å². The maximum atomic E-state index is 6.10.